The van der Waals surface area contributed by atoms with Crippen LogP contribution in [0.3, 0.4) is 0 Å². The van der Waals surface area contributed by atoms with Gasteiger partial charge in [0.05, 0.1) is 0 Å². The van der Waals surface area contributed by atoms with Gasteiger partial charge in [-0.1, -0.05) is 17.7 Å². The van der Waals surface area contributed by atoms with Crippen LogP contribution in [0.25, 0.3) is 0 Å². The van der Waals surface area contributed by atoms with Gasteiger partial charge in [-0.3, -0.25) is 0 Å². The number of aryl methyl sites for hydroxylation is 3. The molecule has 1 aliphatic heterocycles. The quantitative estimate of drug-likeness (QED) is 0.820. The number of thioether (sulfide) groups is 1. The van der Waals surface area contributed by atoms with Crippen molar-refractivity contribution in [3.05, 3.63) is 28.8 Å². The van der Waals surface area contributed by atoms with Gasteiger partial charge < -0.3 is 5.32 Å². The van der Waals surface area contributed by atoms with Crippen molar-refractivity contribution in [1.82, 2.24) is 5.32 Å². The van der Waals surface area contributed by atoms with Crippen molar-refractivity contribution in [2.75, 3.05) is 18.8 Å². The first-order valence-corrected chi connectivity index (χ1v) is 7.56. The molecule has 1 nitrogen and oxygen atoms in total. The number of benzene rings is 1. The predicted molar refractivity (Wildman–Crippen MR) is 77.0 cm³/mol. The zero-order valence-corrected chi connectivity index (χ0v) is 12.0. The SMILES string of the molecule is Cc1cc(C)c(SCC2CCCNC2)c(C)c1. The van der Waals surface area contributed by atoms with Gasteiger partial charge in [0, 0.05) is 10.6 Å². The molecule has 1 atom stereocenters. The van der Waals surface area contributed by atoms with Crippen LogP contribution in [-0.2, 0) is 0 Å². The van der Waals surface area contributed by atoms with E-state index in [1.807, 2.05) is 11.8 Å². The summed E-state index contributed by atoms with van der Waals surface area (Å²) in [5.74, 6) is 2.12. The second kappa shape index (κ2) is 5.92. The monoisotopic (exact) mass is 249 g/mol. The summed E-state index contributed by atoms with van der Waals surface area (Å²) in [5, 5.41) is 3.50. The number of piperidine rings is 1. The predicted octanol–water partition coefficient (Wildman–Crippen LogP) is 3.70. The van der Waals surface area contributed by atoms with Crippen LogP contribution >= 0.6 is 11.8 Å². The lowest BCUT2D eigenvalue weighted by Crippen LogP contribution is -2.30. The van der Waals surface area contributed by atoms with Gasteiger partial charge in [0.15, 0.2) is 0 Å². The zero-order chi connectivity index (χ0) is 12.3. The number of hydrogen-bond acceptors (Lipinski definition) is 2. The van der Waals surface area contributed by atoms with Crippen molar-refractivity contribution in [1.29, 1.82) is 0 Å². The number of nitrogens with one attached hydrogen (secondary N) is 1. The van der Waals surface area contributed by atoms with Gasteiger partial charge in [-0.2, -0.15) is 0 Å². The Hall–Kier alpha value is -0.470. The van der Waals surface area contributed by atoms with Crippen molar-refractivity contribution >= 4 is 11.8 Å². The highest BCUT2D eigenvalue weighted by Crippen LogP contribution is 2.30. The summed E-state index contributed by atoms with van der Waals surface area (Å²) in [6.45, 7) is 9.07. The van der Waals surface area contributed by atoms with Crippen LogP contribution in [0.5, 0.6) is 0 Å². The Kier molecular flexibility index (Phi) is 4.52. The molecule has 0 amide bonds. The van der Waals surface area contributed by atoms with Crippen molar-refractivity contribution in [2.24, 2.45) is 5.92 Å². The number of hydrogen-bond donors (Lipinski definition) is 1. The molecule has 1 aromatic carbocycles. The average molecular weight is 249 g/mol. The lowest BCUT2D eigenvalue weighted by atomic mass is 10.0. The minimum atomic E-state index is 0.855. The summed E-state index contributed by atoms with van der Waals surface area (Å²) in [6, 6.07) is 4.60. The maximum Gasteiger partial charge on any atom is 0.0131 e. The van der Waals surface area contributed by atoms with E-state index in [-0.39, 0.29) is 0 Å². The molecule has 17 heavy (non-hydrogen) atoms. The molecule has 0 saturated carbocycles. The Balaban J connectivity index is 1.98. The van der Waals surface area contributed by atoms with E-state index in [1.54, 1.807) is 0 Å². The molecule has 1 unspecified atom stereocenters. The highest BCUT2D eigenvalue weighted by Gasteiger charge is 2.14. The average Bonchev–Trinajstić information content (AvgIpc) is 2.29. The van der Waals surface area contributed by atoms with Gasteiger partial charge in [-0.15, -0.1) is 11.8 Å². The van der Waals surface area contributed by atoms with Crippen molar-refractivity contribution in [3.8, 4) is 0 Å². The Bertz CT molecular complexity index is 358. The lowest BCUT2D eigenvalue weighted by molar-refractivity contribution is 0.410. The molecule has 1 N–H and O–H groups in total. The highest BCUT2D eigenvalue weighted by atomic mass is 32.2. The van der Waals surface area contributed by atoms with Crippen LogP contribution in [-0.4, -0.2) is 18.8 Å². The van der Waals surface area contributed by atoms with E-state index < -0.39 is 0 Å². The van der Waals surface area contributed by atoms with E-state index in [2.05, 4.69) is 38.2 Å². The molecule has 0 aliphatic carbocycles. The van der Waals surface area contributed by atoms with E-state index in [1.165, 1.54) is 53.3 Å². The van der Waals surface area contributed by atoms with Gasteiger partial charge in [0.1, 0.15) is 0 Å². The molecular weight excluding hydrogens is 226 g/mol. The molecule has 0 aromatic heterocycles. The second-order valence-electron chi connectivity index (χ2n) is 5.25. The normalized spacial score (nSPS) is 20.5. The van der Waals surface area contributed by atoms with Gasteiger partial charge in [0.25, 0.3) is 0 Å². The molecule has 1 fully saturated rings. The lowest BCUT2D eigenvalue weighted by Gasteiger charge is -2.23. The standard InChI is InChI=1S/C15H23NS/c1-11-7-12(2)15(13(3)8-11)17-10-14-5-4-6-16-9-14/h7-8,14,16H,4-6,9-10H2,1-3H3. The Morgan fingerprint density at radius 2 is 1.94 bits per heavy atom. The summed E-state index contributed by atoms with van der Waals surface area (Å²) >= 11 is 2.05. The third kappa shape index (κ3) is 3.49. The van der Waals surface area contributed by atoms with Crippen molar-refractivity contribution < 1.29 is 0 Å². The summed E-state index contributed by atoms with van der Waals surface area (Å²) in [5.41, 5.74) is 4.26. The molecular formula is C15H23NS. The molecule has 0 bridgehead atoms. The fourth-order valence-corrected chi connectivity index (χ4v) is 3.92. The summed E-state index contributed by atoms with van der Waals surface area (Å²) < 4.78 is 0. The van der Waals surface area contributed by atoms with Gasteiger partial charge in [-0.25, -0.2) is 0 Å². The summed E-state index contributed by atoms with van der Waals surface area (Å²) in [7, 11) is 0. The van der Waals surface area contributed by atoms with Gasteiger partial charge in [0.2, 0.25) is 0 Å². The van der Waals surface area contributed by atoms with E-state index in [0.717, 1.165) is 5.92 Å². The van der Waals surface area contributed by atoms with Crippen LogP contribution in [0.1, 0.15) is 29.5 Å². The highest BCUT2D eigenvalue weighted by molar-refractivity contribution is 7.99. The first kappa shape index (κ1) is 13.0. The van der Waals surface area contributed by atoms with Crippen molar-refractivity contribution in [3.63, 3.8) is 0 Å². The van der Waals surface area contributed by atoms with Crippen LogP contribution < -0.4 is 5.32 Å². The number of rotatable bonds is 3. The minimum Gasteiger partial charge on any atom is -0.316 e. The van der Waals surface area contributed by atoms with E-state index in [0.29, 0.717) is 0 Å². The van der Waals surface area contributed by atoms with E-state index >= 15 is 0 Å². The molecule has 2 heteroatoms. The molecule has 0 radical (unpaired) electrons. The Labute approximate surface area is 109 Å². The maximum absolute atomic E-state index is 3.50. The third-order valence-electron chi connectivity index (χ3n) is 3.47. The van der Waals surface area contributed by atoms with Crippen LogP contribution in [0.2, 0.25) is 0 Å². The van der Waals surface area contributed by atoms with Crippen LogP contribution in [0.4, 0.5) is 0 Å². The molecule has 0 spiro atoms. The van der Waals surface area contributed by atoms with Gasteiger partial charge >= 0.3 is 0 Å². The first-order chi connectivity index (χ1) is 8.16. The molecule has 2 rings (SSSR count). The molecule has 1 saturated heterocycles. The van der Waals surface area contributed by atoms with Gasteiger partial charge in [-0.05, 0) is 63.7 Å². The second-order valence-corrected chi connectivity index (χ2v) is 6.28. The minimum absolute atomic E-state index is 0.855. The fraction of sp³-hybridized carbons (Fsp3) is 0.600. The smallest absolute Gasteiger partial charge is 0.0131 e. The molecule has 1 aromatic rings. The molecule has 1 heterocycles. The summed E-state index contributed by atoms with van der Waals surface area (Å²) in [6.07, 6.45) is 2.74. The van der Waals surface area contributed by atoms with Crippen LogP contribution in [0, 0.1) is 26.7 Å². The third-order valence-corrected chi connectivity index (χ3v) is 5.04. The summed E-state index contributed by atoms with van der Waals surface area (Å²) in [4.78, 5) is 1.50. The zero-order valence-electron chi connectivity index (χ0n) is 11.2. The Morgan fingerprint density at radius 1 is 1.24 bits per heavy atom. The van der Waals surface area contributed by atoms with Crippen LogP contribution in [0.15, 0.2) is 17.0 Å². The fourth-order valence-electron chi connectivity index (χ4n) is 2.66. The van der Waals surface area contributed by atoms with E-state index in [9.17, 15) is 0 Å². The van der Waals surface area contributed by atoms with E-state index in [4.69, 9.17) is 0 Å². The Morgan fingerprint density at radius 3 is 2.53 bits per heavy atom. The first-order valence-electron chi connectivity index (χ1n) is 6.58. The van der Waals surface area contributed by atoms with Crippen molar-refractivity contribution in [2.45, 2.75) is 38.5 Å². The molecule has 1 aliphatic rings. The molecule has 94 valence electrons. The largest absolute Gasteiger partial charge is 0.316 e. The topological polar surface area (TPSA) is 12.0 Å². The maximum atomic E-state index is 3.50.